The molecule has 0 atom stereocenters. The van der Waals surface area contributed by atoms with Crippen LogP contribution in [0.5, 0.6) is 0 Å². The monoisotopic (exact) mass is 724 g/mol. The second kappa shape index (κ2) is 29.4. The molecule has 0 fully saturated rings. The maximum atomic E-state index is 8.52. The van der Waals surface area contributed by atoms with Gasteiger partial charge in [-0.25, -0.2) is 0 Å². The van der Waals surface area contributed by atoms with Gasteiger partial charge in [0.25, 0.3) is 0 Å². The van der Waals surface area contributed by atoms with Crippen molar-refractivity contribution in [2.45, 2.75) is 0 Å². The zero-order chi connectivity index (χ0) is 22.5. The number of hydrogen-bond acceptors (Lipinski definition) is 20. The molecule has 31 heavy (non-hydrogen) atoms. The van der Waals surface area contributed by atoms with Crippen molar-refractivity contribution >= 4 is 52.0 Å². The van der Waals surface area contributed by atoms with Crippen molar-refractivity contribution in [3.8, 4) is 0 Å². The third-order valence-electron chi connectivity index (χ3n) is 0. The molecule has 3 radical (unpaired) electrons. The molecule has 0 aliphatic heterocycles. The fraction of sp³-hybridized carbons (Fsp3) is 0. The minimum Gasteiger partial charge on any atom is -0.759 e. The molecule has 0 rings (SSSR count). The molecule has 191 valence electrons. The molecule has 31 heteroatoms. The Labute approximate surface area is 218 Å². The Morgan fingerprint density at radius 1 is 0.290 bits per heavy atom. The van der Waals surface area contributed by atoms with Gasteiger partial charge in [-0.2, -0.15) is 0 Å². The van der Waals surface area contributed by atoms with Gasteiger partial charge in [0.1, 0.15) is 0 Å². The molecule has 0 spiro atoms. The summed E-state index contributed by atoms with van der Waals surface area (Å²) < 4.78 is 170. The van der Waals surface area contributed by atoms with Gasteiger partial charge in [-0.1, -0.05) is 0 Å². The van der Waals surface area contributed by atoms with E-state index in [-0.39, 0.29) is 80.4 Å². The second-order valence-electron chi connectivity index (χ2n) is 2.04. The van der Waals surface area contributed by atoms with Gasteiger partial charge >= 0.3 is 52.1 Å². The summed E-state index contributed by atoms with van der Waals surface area (Å²) in [6, 6.07) is 0. The summed E-state index contributed by atoms with van der Waals surface area (Å²) in [6.07, 6.45) is 0. The van der Waals surface area contributed by atoms with Gasteiger partial charge in [0.05, 0.1) is 0 Å². The first kappa shape index (κ1) is 69.8. The molecule has 0 aromatic rings. The molecule has 0 bridgehead atoms. The topological polar surface area (TPSA) is 464 Å². The van der Waals surface area contributed by atoms with Crippen molar-refractivity contribution < 1.29 is 168 Å². The molecule has 0 aliphatic rings. The minimum atomic E-state index is -5.17. The summed E-state index contributed by atoms with van der Waals surface area (Å²) in [6.45, 7) is 0. The fourth-order valence-electron chi connectivity index (χ4n) is 0. The summed E-state index contributed by atoms with van der Waals surface area (Å²) in [7, 11) is -25.8. The van der Waals surface area contributed by atoms with Crippen LogP contribution in [0.3, 0.4) is 0 Å². The van der Waals surface area contributed by atoms with Crippen LogP contribution in [0.25, 0.3) is 0 Å². The Bertz CT molecular complexity index is 626. The summed E-state index contributed by atoms with van der Waals surface area (Å²) in [5.41, 5.74) is 0. The van der Waals surface area contributed by atoms with Gasteiger partial charge in [-0.15, -0.1) is 0 Å². The summed E-state index contributed by atoms with van der Waals surface area (Å²) in [5, 5.41) is 0. The zero-order valence-electron chi connectivity index (χ0n) is 12.8. The van der Waals surface area contributed by atoms with Crippen LogP contribution < -0.4 is 0 Å². The van der Waals surface area contributed by atoms with Crippen molar-refractivity contribution in [1.82, 2.24) is 0 Å². The van der Waals surface area contributed by atoms with Crippen molar-refractivity contribution in [1.29, 1.82) is 0 Å². The predicted molar refractivity (Wildman–Crippen MR) is 59.6 cm³/mol. The van der Waals surface area contributed by atoms with Crippen LogP contribution in [0.4, 0.5) is 0 Å². The number of hydrogen-bond donors (Lipinski definition) is 0. The van der Waals surface area contributed by atoms with E-state index in [0.29, 0.717) is 0 Å². The van der Waals surface area contributed by atoms with Crippen LogP contribution in [0.15, 0.2) is 0 Å². The maximum Gasteiger partial charge on any atom is 3.00 e. The van der Waals surface area contributed by atoms with Crippen LogP contribution >= 0.6 is 0 Å². The number of rotatable bonds is 0. The van der Waals surface area contributed by atoms with Crippen molar-refractivity contribution in [3.63, 3.8) is 0 Å². The summed E-state index contributed by atoms with van der Waals surface area (Å²) in [4.78, 5) is 0. The molecule has 0 amide bonds. The molecule has 0 aromatic heterocycles. The van der Waals surface area contributed by atoms with Crippen LogP contribution in [0.1, 0.15) is 0 Å². The Balaban J connectivity index is -0.0000000171. The SMILES string of the molecule is O.O.O=S(=O)([O-])[O-].O=S(=O)([O-])[O-].O=S(=O)([O-])[O-].O=S(=O)([O-])[O-].O=S(=O)([O-])[O-].[Cr+3].[Cr+3].[Cr+3].[Cr]. The standard InChI is InChI=1S/4Cr.5H2O4S.2H2O/c;;;;5*1-5(2,3)4;;/h;;;;5*(H2,1,2,3,4);2*1H2/q;3*+3;;;;;;;/p-10. The van der Waals surface area contributed by atoms with Gasteiger partial charge < -0.3 is 56.5 Å². The first-order valence-corrected chi connectivity index (χ1v) is 10.0. The Hall–Kier alpha value is 1.40. The van der Waals surface area contributed by atoms with Gasteiger partial charge in [0.2, 0.25) is 0 Å². The van der Waals surface area contributed by atoms with E-state index in [1.807, 2.05) is 0 Å². The van der Waals surface area contributed by atoms with Gasteiger partial charge in [0.15, 0.2) is 0 Å². The summed E-state index contributed by atoms with van der Waals surface area (Å²) in [5.74, 6) is 0. The van der Waals surface area contributed by atoms with E-state index in [9.17, 15) is 0 Å². The quantitative estimate of drug-likeness (QED) is 0.165. The van der Waals surface area contributed by atoms with Gasteiger partial charge in [-0.3, -0.25) is 42.1 Å². The average Bonchev–Trinajstić information content (AvgIpc) is 1.79. The maximum absolute atomic E-state index is 8.52. The normalized spacial score (nSPS) is 9.35. The smallest absolute Gasteiger partial charge is 0.759 e. The first-order valence-electron chi connectivity index (χ1n) is 3.33. The first-order chi connectivity index (χ1) is 10.0. The van der Waals surface area contributed by atoms with Crippen molar-refractivity contribution in [3.05, 3.63) is 0 Å². The van der Waals surface area contributed by atoms with Crippen molar-refractivity contribution in [2.75, 3.05) is 0 Å². The van der Waals surface area contributed by atoms with Crippen molar-refractivity contribution in [2.24, 2.45) is 0 Å². The van der Waals surface area contributed by atoms with E-state index in [1.165, 1.54) is 0 Å². The molecule has 0 unspecified atom stereocenters. The third-order valence-corrected chi connectivity index (χ3v) is 0. The fourth-order valence-corrected chi connectivity index (χ4v) is 0. The molecule has 22 nitrogen and oxygen atoms in total. The Kier molecular flexibility index (Phi) is 66.2. The largest absolute Gasteiger partial charge is 3.00 e. The van der Waals surface area contributed by atoms with Crippen LogP contribution in [-0.2, 0) is 121 Å². The Morgan fingerprint density at radius 3 is 0.290 bits per heavy atom. The summed E-state index contributed by atoms with van der Waals surface area (Å²) >= 11 is 0. The van der Waals surface area contributed by atoms with E-state index >= 15 is 0 Å². The van der Waals surface area contributed by atoms with Crippen LogP contribution in [-0.4, -0.2) is 98.6 Å². The predicted octanol–water partition coefficient (Wildman–Crippen LogP) is -8.35. The van der Waals surface area contributed by atoms with E-state index < -0.39 is 52.0 Å². The van der Waals surface area contributed by atoms with Gasteiger partial charge in [0, 0.05) is 69.4 Å². The van der Waals surface area contributed by atoms with E-state index in [2.05, 4.69) is 0 Å². The van der Waals surface area contributed by atoms with E-state index in [4.69, 9.17) is 87.6 Å². The minimum absolute atomic E-state index is 0. The molecule has 0 saturated heterocycles. The van der Waals surface area contributed by atoms with E-state index in [0.717, 1.165) is 0 Å². The molecule has 0 heterocycles. The van der Waals surface area contributed by atoms with Gasteiger partial charge in [-0.05, 0) is 0 Å². The van der Waals surface area contributed by atoms with E-state index in [1.54, 1.807) is 0 Å². The molecular weight excluding hydrogens is 720 g/mol. The molecule has 0 aromatic carbocycles. The molecule has 0 saturated carbocycles. The second-order valence-corrected chi connectivity index (χ2v) is 6.12. The zero-order valence-corrected chi connectivity index (χ0v) is 22.0. The molecule has 4 N–H and O–H groups in total. The van der Waals surface area contributed by atoms with Crippen LogP contribution in [0, 0.1) is 0 Å². The Morgan fingerprint density at radius 2 is 0.290 bits per heavy atom. The average molecular weight is 724 g/mol. The van der Waals surface area contributed by atoms with Crippen LogP contribution in [0.2, 0.25) is 0 Å². The molecular formula is H4Cr4O22S5-. The third kappa shape index (κ3) is 13800. The molecule has 0 aliphatic carbocycles.